The molecule has 0 saturated carbocycles. The SMILES string of the molecule is COc1cc(OC)nc(NC(=O)Nc2ccc(C)cc2)n1. The number of benzene rings is 1. The molecule has 0 spiro atoms. The molecule has 0 aliphatic rings. The highest BCUT2D eigenvalue weighted by Gasteiger charge is 2.09. The van der Waals surface area contributed by atoms with Gasteiger partial charge in [0.15, 0.2) is 0 Å². The molecule has 0 saturated heterocycles. The number of nitrogens with zero attached hydrogens (tertiary/aromatic N) is 2. The van der Waals surface area contributed by atoms with Crippen LogP contribution < -0.4 is 20.1 Å². The van der Waals surface area contributed by atoms with Crippen molar-refractivity contribution < 1.29 is 14.3 Å². The lowest BCUT2D eigenvalue weighted by molar-refractivity contribution is 0.262. The molecule has 0 aliphatic carbocycles. The van der Waals surface area contributed by atoms with E-state index in [1.807, 2.05) is 31.2 Å². The lowest BCUT2D eigenvalue weighted by Gasteiger charge is -2.09. The van der Waals surface area contributed by atoms with Crippen molar-refractivity contribution in [2.45, 2.75) is 6.92 Å². The summed E-state index contributed by atoms with van der Waals surface area (Å²) in [6.07, 6.45) is 0. The van der Waals surface area contributed by atoms with Gasteiger partial charge in [0, 0.05) is 5.69 Å². The second-order valence-corrected chi connectivity index (χ2v) is 4.22. The van der Waals surface area contributed by atoms with Crippen LogP contribution in [0.5, 0.6) is 11.8 Å². The van der Waals surface area contributed by atoms with Crippen LogP contribution >= 0.6 is 0 Å². The maximum absolute atomic E-state index is 11.9. The Bertz CT molecular complexity index is 606. The predicted molar refractivity (Wildman–Crippen MR) is 79.0 cm³/mol. The molecular weight excluding hydrogens is 272 g/mol. The summed E-state index contributed by atoms with van der Waals surface area (Å²) >= 11 is 0. The summed E-state index contributed by atoms with van der Waals surface area (Å²) in [7, 11) is 2.94. The summed E-state index contributed by atoms with van der Waals surface area (Å²) in [5.74, 6) is 0.691. The van der Waals surface area contributed by atoms with Gasteiger partial charge in [0.25, 0.3) is 0 Å². The van der Waals surface area contributed by atoms with Gasteiger partial charge < -0.3 is 14.8 Å². The summed E-state index contributed by atoms with van der Waals surface area (Å²) in [6, 6.07) is 8.49. The topological polar surface area (TPSA) is 85.4 Å². The molecule has 1 aromatic heterocycles. The minimum atomic E-state index is -0.450. The van der Waals surface area contributed by atoms with E-state index in [1.54, 1.807) is 0 Å². The number of methoxy groups -OCH3 is 2. The van der Waals surface area contributed by atoms with Crippen LogP contribution in [0.15, 0.2) is 30.3 Å². The van der Waals surface area contributed by atoms with Crippen molar-refractivity contribution in [3.8, 4) is 11.8 Å². The lowest BCUT2D eigenvalue weighted by Crippen LogP contribution is -2.21. The van der Waals surface area contributed by atoms with Crippen LogP contribution in [0.2, 0.25) is 0 Å². The second-order valence-electron chi connectivity index (χ2n) is 4.22. The van der Waals surface area contributed by atoms with Crippen molar-refractivity contribution in [1.29, 1.82) is 0 Å². The van der Waals surface area contributed by atoms with E-state index in [4.69, 9.17) is 9.47 Å². The smallest absolute Gasteiger partial charge is 0.326 e. The number of aryl methyl sites for hydroxylation is 1. The number of carbonyl (C=O) groups excluding carboxylic acids is 1. The van der Waals surface area contributed by atoms with Gasteiger partial charge in [-0.25, -0.2) is 4.79 Å². The van der Waals surface area contributed by atoms with E-state index in [9.17, 15) is 4.79 Å². The Morgan fingerprint density at radius 3 is 2.10 bits per heavy atom. The van der Waals surface area contributed by atoms with E-state index in [0.29, 0.717) is 17.4 Å². The van der Waals surface area contributed by atoms with Crippen molar-refractivity contribution in [1.82, 2.24) is 9.97 Å². The van der Waals surface area contributed by atoms with E-state index in [0.717, 1.165) is 5.56 Å². The quantitative estimate of drug-likeness (QED) is 0.902. The maximum atomic E-state index is 11.9. The van der Waals surface area contributed by atoms with Gasteiger partial charge in [-0.2, -0.15) is 9.97 Å². The number of amides is 2. The molecule has 1 aromatic carbocycles. The van der Waals surface area contributed by atoms with Crippen molar-refractivity contribution in [3.63, 3.8) is 0 Å². The van der Waals surface area contributed by atoms with Gasteiger partial charge in [-0.1, -0.05) is 17.7 Å². The van der Waals surface area contributed by atoms with Crippen LogP contribution in [0.25, 0.3) is 0 Å². The molecule has 0 fully saturated rings. The molecule has 7 heteroatoms. The largest absolute Gasteiger partial charge is 0.481 e. The van der Waals surface area contributed by atoms with Crippen molar-refractivity contribution in [2.75, 3.05) is 24.9 Å². The average molecular weight is 288 g/mol. The van der Waals surface area contributed by atoms with E-state index in [2.05, 4.69) is 20.6 Å². The fourth-order valence-corrected chi connectivity index (χ4v) is 1.57. The highest BCUT2D eigenvalue weighted by atomic mass is 16.5. The zero-order chi connectivity index (χ0) is 15.2. The molecule has 110 valence electrons. The molecule has 0 atom stereocenters. The number of anilines is 2. The van der Waals surface area contributed by atoms with Crippen LogP contribution in [-0.4, -0.2) is 30.2 Å². The van der Waals surface area contributed by atoms with Gasteiger partial charge in [-0.3, -0.25) is 5.32 Å². The van der Waals surface area contributed by atoms with E-state index >= 15 is 0 Å². The number of carbonyl (C=O) groups is 1. The van der Waals surface area contributed by atoms with E-state index < -0.39 is 6.03 Å². The van der Waals surface area contributed by atoms with Gasteiger partial charge in [0.05, 0.1) is 20.3 Å². The molecule has 0 bridgehead atoms. The summed E-state index contributed by atoms with van der Waals surface area (Å²) in [4.78, 5) is 19.9. The van der Waals surface area contributed by atoms with Crippen LogP contribution in [0.3, 0.4) is 0 Å². The first kappa shape index (κ1) is 14.6. The van der Waals surface area contributed by atoms with Gasteiger partial charge in [-0.05, 0) is 19.1 Å². The number of nitrogens with one attached hydrogen (secondary N) is 2. The fraction of sp³-hybridized carbons (Fsp3) is 0.214. The fourth-order valence-electron chi connectivity index (χ4n) is 1.57. The standard InChI is InChI=1S/C14H16N4O3/c1-9-4-6-10(7-5-9)15-14(19)18-13-16-11(20-2)8-12(17-13)21-3/h4-8H,1-3H3,(H2,15,16,17,18,19). The van der Waals surface area contributed by atoms with Gasteiger partial charge >= 0.3 is 6.03 Å². The summed E-state index contributed by atoms with van der Waals surface area (Å²) in [6.45, 7) is 1.97. The maximum Gasteiger partial charge on any atom is 0.326 e. The molecule has 1 heterocycles. The van der Waals surface area contributed by atoms with Gasteiger partial charge in [0.1, 0.15) is 0 Å². The average Bonchev–Trinajstić information content (AvgIpc) is 2.49. The van der Waals surface area contributed by atoms with Crippen molar-refractivity contribution in [3.05, 3.63) is 35.9 Å². The van der Waals surface area contributed by atoms with E-state index in [-0.39, 0.29) is 5.95 Å². The summed E-state index contributed by atoms with van der Waals surface area (Å²) in [5, 5.41) is 5.20. The molecule has 2 rings (SSSR count). The molecular formula is C14H16N4O3. The second kappa shape index (κ2) is 6.56. The molecule has 2 amide bonds. The van der Waals surface area contributed by atoms with Gasteiger partial charge in [-0.15, -0.1) is 0 Å². The third-order valence-electron chi connectivity index (χ3n) is 2.63. The normalized spacial score (nSPS) is 9.86. The molecule has 0 radical (unpaired) electrons. The molecule has 2 aromatic rings. The molecule has 0 unspecified atom stereocenters. The zero-order valence-electron chi connectivity index (χ0n) is 12.0. The van der Waals surface area contributed by atoms with Crippen molar-refractivity contribution >= 4 is 17.7 Å². The van der Waals surface area contributed by atoms with Crippen LogP contribution in [-0.2, 0) is 0 Å². The Morgan fingerprint density at radius 2 is 1.57 bits per heavy atom. The third kappa shape index (κ3) is 4.07. The summed E-state index contributed by atoms with van der Waals surface area (Å²) < 4.78 is 10.0. The summed E-state index contributed by atoms with van der Waals surface area (Å²) in [5.41, 5.74) is 1.79. The van der Waals surface area contributed by atoms with Gasteiger partial charge in [0.2, 0.25) is 17.7 Å². The van der Waals surface area contributed by atoms with Crippen LogP contribution in [0.1, 0.15) is 5.56 Å². The first-order valence-electron chi connectivity index (χ1n) is 6.22. The third-order valence-corrected chi connectivity index (χ3v) is 2.63. The highest BCUT2D eigenvalue weighted by Crippen LogP contribution is 2.17. The highest BCUT2D eigenvalue weighted by molar-refractivity contribution is 5.98. The number of aromatic nitrogens is 2. The molecule has 0 aliphatic heterocycles. The van der Waals surface area contributed by atoms with Crippen LogP contribution in [0, 0.1) is 6.92 Å². The minimum absolute atomic E-state index is 0.0933. The molecule has 7 nitrogen and oxygen atoms in total. The minimum Gasteiger partial charge on any atom is -0.481 e. The Morgan fingerprint density at radius 1 is 1.00 bits per heavy atom. The molecule has 2 N–H and O–H groups in total. The number of rotatable bonds is 4. The Kier molecular flexibility index (Phi) is 4.55. The number of hydrogen-bond donors (Lipinski definition) is 2. The molecule has 21 heavy (non-hydrogen) atoms. The first-order chi connectivity index (χ1) is 10.1. The monoisotopic (exact) mass is 288 g/mol. The van der Waals surface area contributed by atoms with Crippen molar-refractivity contribution in [2.24, 2.45) is 0 Å². The predicted octanol–water partition coefficient (Wildman–Crippen LogP) is 2.45. The van der Waals surface area contributed by atoms with E-state index in [1.165, 1.54) is 20.3 Å². The Balaban J connectivity index is 2.06. The Labute approximate surface area is 122 Å². The number of hydrogen-bond acceptors (Lipinski definition) is 5. The Hall–Kier alpha value is -2.83. The zero-order valence-corrected chi connectivity index (χ0v) is 12.0. The first-order valence-corrected chi connectivity index (χ1v) is 6.22. The lowest BCUT2D eigenvalue weighted by atomic mass is 10.2. The van der Waals surface area contributed by atoms with Crippen LogP contribution in [0.4, 0.5) is 16.4 Å². The number of ether oxygens (including phenoxy) is 2. The number of urea groups is 1.